The second-order valence-corrected chi connectivity index (χ2v) is 3.20. The Balaban J connectivity index is 2.41. The molecular formula is C11H11NO3. The molecule has 0 aliphatic rings. The maximum Gasteiger partial charge on any atom is 0.332 e. The molecule has 2 aromatic rings. The SMILES string of the molecule is CCC(=O)On1ccc2cc(O)ccc21. The molecule has 0 spiro atoms. The quantitative estimate of drug-likeness (QED) is 0.812. The second kappa shape index (κ2) is 3.65. The summed E-state index contributed by atoms with van der Waals surface area (Å²) in [6, 6.07) is 6.65. The van der Waals surface area contributed by atoms with Crippen LogP contribution in [0.5, 0.6) is 5.75 Å². The van der Waals surface area contributed by atoms with Crippen LogP contribution in [0.25, 0.3) is 10.9 Å². The Morgan fingerprint density at radius 1 is 1.47 bits per heavy atom. The summed E-state index contributed by atoms with van der Waals surface area (Å²) in [7, 11) is 0. The van der Waals surface area contributed by atoms with Crippen LogP contribution in [0.3, 0.4) is 0 Å². The van der Waals surface area contributed by atoms with Crippen molar-refractivity contribution in [1.29, 1.82) is 0 Å². The molecule has 1 aromatic carbocycles. The average molecular weight is 205 g/mol. The topological polar surface area (TPSA) is 51.5 Å². The summed E-state index contributed by atoms with van der Waals surface area (Å²) in [6.45, 7) is 1.74. The molecule has 0 saturated heterocycles. The molecule has 1 aromatic heterocycles. The molecule has 1 heterocycles. The summed E-state index contributed by atoms with van der Waals surface area (Å²) in [5, 5.41) is 10.1. The maximum absolute atomic E-state index is 11.1. The minimum atomic E-state index is -0.291. The highest BCUT2D eigenvalue weighted by Crippen LogP contribution is 2.20. The van der Waals surface area contributed by atoms with Gasteiger partial charge in [0, 0.05) is 18.0 Å². The Bertz CT molecular complexity index is 502. The first-order valence-electron chi connectivity index (χ1n) is 4.72. The highest BCUT2D eigenvalue weighted by atomic mass is 16.7. The van der Waals surface area contributed by atoms with E-state index in [0.717, 1.165) is 10.9 Å². The van der Waals surface area contributed by atoms with Crippen LogP contribution in [-0.2, 0) is 4.79 Å². The number of benzene rings is 1. The van der Waals surface area contributed by atoms with E-state index >= 15 is 0 Å². The summed E-state index contributed by atoms with van der Waals surface area (Å²) < 4.78 is 1.40. The van der Waals surface area contributed by atoms with Gasteiger partial charge in [-0.2, -0.15) is 4.73 Å². The van der Waals surface area contributed by atoms with Crippen molar-refractivity contribution in [3.05, 3.63) is 30.5 Å². The first-order chi connectivity index (χ1) is 7.20. The van der Waals surface area contributed by atoms with Gasteiger partial charge in [-0.05, 0) is 24.3 Å². The van der Waals surface area contributed by atoms with Gasteiger partial charge in [-0.1, -0.05) is 6.92 Å². The minimum Gasteiger partial charge on any atom is -0.508 e. The van der Waals surface area contributed by atoms with Crippen molar-refractivity contribution >= 4 is 16.9 Å². The average Bonchev–Trinajstić information content (AvgIpc) is 2.60. The van der Waals surface area contributed by atoms with E-state index in [9.17, 15) is 9.90 Å². The third-order valence-electron chi connectivity index (χ3n) is 2.13. The summed E-state index contributed by atoms with van der Waals surface area (Å²) >= 11 is 0. The Morgan fingerprint density at radius 3 is 3.00 bits per heavy atom. The Kier molecular flexibility index (Phi) is 2.33. The van der Waals surface area contributed by atoms with Gasteiger partial charge in [-0.15, -0.1) is 0 Å². The molecule has 0 radical (unpaired) electrons. The highest BCUT2D eigenvalue weighted by Gasteiger charge is 2.05. The van der Waals surface area contributed by atoms with E-state index in [0.29, 0.717) is 6.42 Å². The van der Waals surface area contributed by atoms with Gasteiger partial charge in [0.2, 0.25) is 0 Å². The van der Waals surface area contributed by atoms with Crippen LogP contribution in [-0.4, -0.2) is 15.8 Å². The van der Waals surface area contributed by atoms with E-state index < -0.39 is 0 Å². The van der Waals surface area contributed by atoms with Gasteiger partial charge in [0.15, 0.2) is 0 Å². The smallest absolute Gasteiger partial charge is 0.332 e. The molecular weight excluding hydrogens is 194 g/mol. The lowest BCUT2D eigenvalue weighted by Gasteiger charge is -2.04. The van der Waals surface area contributed by atoms with Gasteiger partial charge in [-0.3, -0.25) is 0 Å². The fraction of sp³-hybridized carbons (Fsp3) is 0.182. The first-order valence-corrected chi connectivity index (χ1v) is 4.72. The van der Waals surface area contributed by atoms with E-state index in [1.54, 1.807) is 37.4 Å². The molecule has 2 rings (SSSR count). The number of aromatic hydroxyl groups is 1. The molecule has 0 bridgehead atoms. The lowest BCUT2D eigenvalue weighted by atomic mass is 10.2. The summed E-state index contributed by atoms with van der Waals surface area (Å²) in [4.78, 5) is 16.2. The molecule has 1 N–H and O–H groups in total. The zero-order valence-corrected chi connectivity index (χ0v) is 8.30. The fourth-order valence-electron chi connectivity index (χ4n) is 1.36. The van der Waals surface area contributed by atoms with Crippen LogP contribution in [0.2, 0.25) is 0 Å². The summed E-state index contributed by atoms with van der Waals surface area (Å²) in [5.74, 6) is -0.0948. The number of hydrogen-bond donors (Lipinski definition) is 1. The summed E-state index contributed by atoms with van der Waals surface area (Å²) in [6.07, 6.45) is 1.98. The molecule has 0 unspecified atom stereocenters. The third kappa shape index (κ3) is 1.79. The number of phenols is 1. The monoisotopic (exact) mass is 205 g/mol. The van der Waals surface area contributed by atoms with Gasteiger partial charge in [0.1, 0.15) is 5.75 Å². The fourth-order valence-corrected chi connectivity index (χ4v) is 1.36. The number of carbonyl (C=O) groups is 1. The number of fused-ring (bicyclic) bond motifs is 1. The van der Waals surface area contributed by atoms with Gasteiger partial charge in [-0.25, -0.2) is 4.79 Å². The van der Waals surface area contributed by atoms with Crippen LogP contribution in [0, 0.1) is 0 Å². The van der Waals surface area contributed by atoms with Crippen molar-refractivity contribution in [3.8, 4) is 5.75 Å². The van der Waals surface area contributed by atoms with Crippen LogP contribution in [0.1, 0.15) is 13.3 Å². The summed E-state index contributed by atoms with van der Waals surface area (Å²) in [5.41, 5.74) is 0.759. The lowest BCUT2D eigenvalue weighted by molar-refractivity contribution is -0.143. The van der Waals surface area contributed by atoms with Crippen molar-refractivity contribution in [2.24, 2.45) is 0 Å². The molecule has 78 valence electrons. The van der Waals surface area contributed by atoms with Crippen LogP contribution in [0.4, 0.5) is 0 Å². The van der Waals surface area contributed by atoms with Crippen LogP contribution < -0.4 is 4.84 Å². The minimum absolute atomic E-state index is 0.196. The normalized spacial score (nSPS) is 10.5. The largest absolute Gasteiger partial charge is 0.508 e. The van der Waals surface area contributed by atoms with Crippen molar-refractivity contribution in [2.75, 3.05) is 0 Å². The van der Waals surface area contributed by atoms with E-state index in [1.165, 1.54) is 4.73 Å². The molecule has 0 aliphatic heterocycles. The number of nitrogens with zero attached hydrogens (tertiary/aromatic N) is 1. The lowest BCUT2D eigenvalue weighted by Crippen LogP contribution is -2.17. The van der Waals surface area contributed by atoms with E-state index in [-0.39, 0.29) is 11.7 Å². The van der Waals surface area contributed by atoms with Crippen LogP contribution in [0.15, 0.2) is 30.5 Å². The molecule has 15 heavy (non-hydrogen) atoms. The number of phenolic OH excluding ortho intramolecular Hbond substituents is 1. The van der Waals surface area contributed by atoms with E-state index in [4.69, 9.17) is 4.84 Å². The van der Waals surface area contributed by atoms with Crippen molar-refractivity contribution in [1.82, 2.24) is 4.73 Å². The van der Waals surface area contributed by atoms with E-state index in [1.807, 2.05) is 0 Å². The van der Waals surface area contributed by atoms with E-state index in [2.05, 4.69) is 0 Å². The Hall–Kier alpha value is -1.97. The van der Waals surface area contributed by atoms with Crippen LogP contribution >= 0.6 is 0 Å². The molecule has 0 saturated carbocycles. The zero-order chi connectivity index (χ0) is 10.8. The number of carbonyl (C=O) groups excluding carboxylic acids is 1. The van der Waals surface area contributed by atoms with Gasteiger partial charge < -0.3 is 9.94 Å². The standard InChI is InChI=1S/C11H11NO3/c1-2-11(14)15-12-6-5-8-7-9(13)3-4-10(8)12/h3-7,13H,2H2,1H3. The van der Waals surface area contributed by atoms with Crippen molar-refractivity contribution in [3.63, 3.8) is 0 Å². The third-order valence-corrected chi connectivity index (χ3v) is 2.13. The molecule has 4 nitrogen and oxygen atoms in total. The molecule has 0 aliphatic carbocycles. The Morgan fingerprint density at radius 2 is 2.27 bits per heavy atom. The number of aromatic nitrogens is 1. The molecule has 0 amide bonds. The van der Waals surface area contributed by atoms with Gasteiger partial charge in [0.05, 0.1) is 5.52 Å². The second-order valence-electron chi connectivity index (χ2n) is 3.20. The number of rotatable bonds is 2. The van der Waals surface area contributed by atoms with Crippen molar-refractivity contribution in [2.45, 2.75) is 13.3 Å². The maximum atomic E-state index is 11.1. The highest BCUT2D eigenvalue weighted by molar-refractivity contribution is 5.82. The van der Waals surface area contributed by atoms with Gasteiger partial charge >= 0.3 is 5.97 Å². The van der Waals surface area contributed by atoms with Gasteiger partial charge in [0.25, 0.3) is 0 Å². The first kappa shape index (κ1) is 9.58. The van der Waals surface area contributed by atoms with Crippen molar-refractivity contribution < 1.29 is 14.7 Å². The molecule has 0 fully saturated rings. The number of hydrogen-bond acceptors (Lipinski definition) is 3. The zero-order valence-electron chi connectivity index (χ0n) is 8.30. The predicted molar refractivity (Wildman–Crippen MR) is 55.5 cm³/mol. The molecule has 4 heteroatoms. The Labute approximate surface area is 86.7 Å². The predicted octanol–water partition coefficient (Wildman–Crippen LogP) is 1.71. The molecule has 0 atom stereocenters.